The second-order valence-corrected chi connectivity index (χ2v) is 6.55. The van der Waals surface area contributed by atoms with E-state index in [4.69, 9.17) is 0 Å². The van der Waals surface area contributed by atoms with Crippen LogP contribution in [0.25, 0.3) is 0 Å². The van der Waals surface area contributed by atoms with Gasteiger partial charge in [0.1, 0.15) is 0 Å². The summed E-state index contributed by atoms with van der Waals surface area (Å²) < 4.78 is 27.0. The van der Waals surface area contributed by atoms with Crippen LogP contribution in [0, 0.1) is 0 Å². The number of hydrogen-bond donors (Lipinski definition) is 2. The maximum absolute atomic E-state index is 12.2. The third-order valence-electron chi connectivity index (χ3n) is 3.27. The topological polar surface area (TPSA) is 58.2 Å². The zero-order valence-corrected chi connectivity index (χ0v) is 13.5. The third-order valence-corrected chi connectivity index (χ3v) is 4.73. The van der Waals surface area contributed by atoms with Crippen LogP contribution in [0.3, 0.4) is 0 Å². The minimum absolute atomic E-state index is 0.363. The van der Waals surface area contributed by atoms with E-state index in [1.165, 1.54) is 5.56 Å². The van der Waals surface area contributed by atoms with E-state index < -0.39 is 10.0 Å². The SMILES string of the molecule is CCCNCCNS(=O)(=O)c1ccc(CC)c(CC)c1. The summed E-state index contributed by atoms with van der Waals surface area (Å²) in [6, 6.07) is 5.41. The lowest BCUT2D eigenvalue weighted by Gasteiger charge is -2.11. The summed E-state index contributed by atoms with van der Waals surface area (Å²) in [7, 11) is -3.40. The Balaban J connectivity index is 2.72. The Kier molecular flexibility index (Phi) is 7.19. The number of benzene rings is 1. The molecule has 0 atom stereocenters. The number of aryl methyl sites for hydroxylation is 2. The molecule has 1 rings (SSSR count). The highest BCUT2D eigenvalue weighted by molar-refractivity contribution is 7.89. The van der Waals surface area contributed by atoms with Crippen molar-refractivity contribution < 1.29 is 8.42 Å². The van der Waals surface area contributed by atoms with Crippen LogP contribution in [0.2, 0.25) is 0 Å². The fraction of sp³-hybridized carbons (Fsp3) is 0.600. The summed E-state index contributed by atoms with van der Waals surface area (Å²) in [4.78, 5) is 0.363. The molecule has 5 heteroatoms. The van der Waals surface area contributed by atoms with Crippen molar-refractivity contribution in [2.75, 3.05) is 19.6 Å². The highest BCUT2D eigenvalue weighted by atomic mass is 32.2. The highest BCUT2D eigenvalue weighted by Crippen LogP contribution is 2.17. The molecule has 114 valence electrons. The van der Waals surface area contributed by atoms with E-state index in [2.05, 4.69) is 23.9 Å². The van der Waals surface area contributed by atoms with Gasteiger partial charge in [0, 0.05) is 13.1 Å². The Labute approximate surface area is 123 Å². The van der Waals surface area contributed by atoms with E-state index in [9.17, 15) is 8.42 Å². The zero-order valence-electron chi connectivity index (χ0n) is 12.7. The molecule has 0 bridgehead atoms. The van der Waals surface area contributed by atoms with Crippen molar-refractivity contribution in [3.8, 4) is 0 Å². The maximum Gasteiger partial charge on any atom is 0.240 e. The van der Waals surface area contributed by atoms with E-state index in [0.717, 1.165) is 31.4 Å². The Morgan fingerprint density at radius 2 is 1.65 bits per heavy atom. The van der Waals surface area contributed by atoms with Gasteiger partial charge in [0.05, 0.1) is 4.90 Å². The normalized spacial score (nSPS) is 11.8. The molecule has 0 aromatic heterocycles. The standard InChI is InChI=1S/C15H26N2O2S/c1-4-9-16-10-11-17-20(18,19)15-8-7-13(5-2)14(6-3)12-15/h7-8,12,16-17H,4-6,9-11H2,1-3H3. The highest BCUT2D eigenvalue weighted by Gasteiger charge is 2.14. The largest absolute Gasteiger partial charge is 0.315 e. The summed E-state index contributed by atoms with van der Waals surface area (Å²) in [5.74, 6) is 0. The average molecular weight is 298 g/mol. The van der Waals surface area contributed by atoms with Crippen LogP contribution in [0.15, 0.2) is 23.1 Å². The van der Waals surface area contributed by atoms with Crippen LogP contribution < -0.4 is 10.0 Å². The molecule has 0 spiro atoms. The second-order valence-electron chi connectivity index (χ2n) is 4.79. The lowest BCUT2D eigenvalue weighted by Crippen LogP contribution is -2.32. The third kappa shape index (κ3) is 4.89. The summed E-state index contributed by atoms with van der Waals surface area (Å²) in [5.41, 5.74) is 2.33. The number of nitrogens with one attached hydrogen (secondary N) is 2. The van der Waals surface area contributed by atoms with Crippen LogP contribution in [-0.4, -0.2) is 28.1 Å². The Morgan fingerprint density at radius 3 is 2.25 bits per heavy atom. The fourth-order valence-electron chi connectivity index (χ4n) is 2.10. The minimum atomic E-state index is -3.40. The van der Waals surface area contributed by atoms with E-state index >= 15 is 0 Å². The molecule has 0 heterocycles. The van der Waals surface area contributed by atoms with Crippen molar-refractivity contribution in [2.45, 2.75) is 44.9 Å². The zero-order chi connectivity index (χ0) is 15.0. The number of hydrogen-bond acceptors (Lipinski definition) is 3. The van der Waals surface area contributed by atoms with Crippen molar-refractivity contribution in [2.24, 2.45) is 0 Å². The molecule has 0 saturated carbocycles. The summed E-state index contributed by atoms with van der Waals surface area (Å²) in [6.07, 6.45) is 2.83. The summed E-state index contributed by atoms with van der Waals surface area (Å²) in [6.45, 7) is 8.19. The summed E-state index contributed by atoms with van der Waals surface area (Å²) in [5, 5.41) is 3.17. The van der Waals surface area contributed by atoms with E-state index in [0.29, 0.717) is 18.0 Å². The van der Waals surface area contributed by atoms with Crippen molar-refractivity contribution >= 4 is 10.0 Å². The van der Waals surface area contributed by atoms with Gasteiger partial charge in [-0.3, -0.25) is 0 Å². The molecule has 0 aliphatic rings. The lowest BCUT2D eigenvalue weighted by molar-refractivity contribution is 0.575. The Morgan fingerprint density at radius 1 is 0.950 bits per heavy atom. The molecule has 0 amide bonds. The second kappa shape index (κ2) is 8.39. The van der Waals surface area contributed by atoms with Crippen molar-refractivity contribution in [1.82, 2.24) is 10.0 Å². The van der Waals surface area contributed by atoms with Gasteiger partial charge in [-0.15, -0.1) is 0 Å². The van der Waals surface area contributed by atoms with Gasteiger partial charge >= 0.3 is 0 Å². The first-order valence-electron chi connectivity index (χ1n) is 7.37. The molecule has 0 aliphatic carbocycles. The molecule has 2 N–H and O–H groups in total. The van der Waals surface area contributed by atoms with E-state index in [-0.39, 0.29) is 0 Å². The van der Waals surface area contributed by atoms with Crippen molar-refractivity contribution in [1.29, 1.82) is 0 Å². The molecule has 0 fully saturated rings. The minimum Gasteiger partial charge on any atom is -0.315 e. The molecule has 20 heavy (non-hydrogen) atoms. The van der Waals surface area contributed by atoms with Gasteiger partial charge in [-0.05, 0) is 49.1 Å². The molecular weight excluding hydrogens is 272 g/mol. The monoisotopic (exact) mass is 298 g/mol. The first-order valence-corrected chi connectivity index (χ1v) is 8.85. The van der Waals surface area contributed by atoms with Crippen LogP contribution in [-0.2, 0) is 22.9 Å². The maximum atomic E-state index is 12.2. The lowest BCUT2D eigenvalue weighted by atomic mass is 10.0. The first-order chi connectivity index (χ1) is 9.55. The molecule has 0 unspecified atom stereocenters. The first kappa shape index (κ1) is 17.1. The van der Waals surface area contributed by atoms with Gasteiger partial charge < -0.3 is 5.32 Å². The van der Waals surface area contributed by atoms with Crippen LogP contribution in [0.5, 0.6) is 0 Å². The van der Waals surface area contributed by atoms with E-state index in [1.807, 2.05) is 13.0 Å². The van der Waals surface area contributed by atoms with Gasteiger partial charge in [-0.1, -0.05) is 26.8 Å². The average Bonchev–Trinajstić information content (AvgIpc) is 2.46. The molecular formula is C15H26N2O2S. The molecule has 0 radical (unpaired) electrons. The Hall–Kier alpha value is -0.910. The fourth-order valence-corrected chi connectivity index (χ4v) is 3.18. The smallest absolute Gasteiger partial charge is 0.240 e. The van der Waals surface area contributed by atoms with Gasteiger partial charge in [0.25, 0.3) is 0 Å². The number of rotatable bonds is 9. The van der Waals surface area contributed by atoms with Crippen LogP contribution >= 0.6 is 0 Å². The van der Waals surface area contributed by atoms with E-state index in [1.54, 1.807) is 12.1 Å². The van der Waals surface area contributed by atoms with Crippen molar-refractivity contribution in [3.05, 3.63) is 29.3 Å². The van der Waals surface area contributed by atoms with Gasteiger partial charge in [-0.25, -0.2) is 13.1 Å². The van der Waals surface area contributed by atoms with Crippen molar-refractivity contribution in [3.63, 3.8) is 0 Å². The van der Waals surface area contributed by atoms with Crippen LogP contribution in [0.1, 0.15) is 38.3 Å². The molecule has 4 nitrogen and oxygen atoms in total. The molecule has 1 aromatic rings. The Bertz CT molecular complexity index is 513. The number of sulfonamides is 1. The molecule has 1 aromatic carbocycles. The van der Waals surface area contributed by atoms with Gasteiger partial charge in [-0.2, -0.15) is 0 Å². The predicted octanol–water partition coefficient (Wildman–Crippen LogP) is 2.09. The summed E-state index contributed by atoms with van der Waals surface area (Å²) >= 11 is 0. The predicted molar refractivity (Wildman–Crippen MR) is 83.5 cm³/mol. The molecule has 0 saturated heterocycles. The quantitative estimate of drug-likeness (QED) is 0.686. The van der Waals surface area contributed by atoms with Gasteiger partial charge in [0.2, 0.25) is 10.0 Å². The molecule has 0 aliphatic heterocycles. The van der Waals surface area contributed by atoms with Crippen LogP contribution in [0.4, 0.5) is 0 Å². The van der Waals surface area contributed by atoms with Gasteiger partial charge in [0.15, 0.2) is 0 Å².